The first kappa shape index (κ1) is 19.4. The number of aryl methyl sites for hydroxylation is 1. The average molecular weight is 437 g/mol. The van der Waals surface area contributed by atoms with Crippen LogP contribution in [0.5, 0.6) is 0 Å². The molecule has 0 unspecified atom stereocenters. The minimum absolute atomic E-state index is 0.0519. The molecule has 3 aliphatic carbocycles. The predicted octanol–water partition coefficient (Wildman–Crippen LogP) is 6.74. The van der Waals surface area contributed by atoms with Gasteiger partial charge in [-0.15, -0.1) is 11.3 Å². The van der Waals surface area contributed by atoms with Gasteiger partial charge in [0, 0.05) is 22.8 Å². The van der Waals surface area contributed by atoms with E-state index >= 15 is 0 Å². The van der Waals surface area contributed by atoms with Crippen LogP contribution in [0.1, 0.15) is 53.0 Å². The molecule has 0 radical (unpaired) electrons. The highest BCUT2D eigenvalue weighted by atomic mass is 32.1. The second kappa shape index (κ2) is 7.14. The fourth-order valence-corrected chi connectivity index (χ4v) is 6.41. The van der Waals surface area contributed by atoms with Crippen molar-refractivity contribution >= 4 is 22.4 Å². The summed E-state index contributed by atoms with van der Waals surface area (Å²) in [6, 6.07) is 25.6. The summed E-state index contributed by atoms with van der Waals surface area (Å²) in [6.45, 7) is 4.20. The molecular formula is C28H24N2OS. The number of thiazole rings is 1. The van der Waals surface area contributed by atoms with Gasteiger partial charge in [0.2, 0.25) is 5.91 Å². The molecule has 3 nitrogen and oxygen atoms in total. The maximum Gasteiger partial charge on any atom is 0.233 e. The van der Waals surface area contributed by atoms with Crippen LogP contribution in [0, 0.1) is 12.3 Å². The lowest BCUT2D eigenvalue weighted by Crippen LogP contribution is -2.47. The Bertz CT molecular complexity index is 1310. The highest BCUT2D eigenvalue weighted by Gasteiger charge is 2.53. The molecule has 1 N–H and O–H groups in total. The van der Waals surface area contributed by atoms with Crippen LogP contribution in [0.15, 0.2) is 78.2 Å². The maximum atomic E-state index is 13.8. The van der Waals surface area contributed by atoms with Gasteiger partial charge in [-0.05, 0) is 48.6 Å². The van der Waals surface area contributed by atoms with Crippen LogP contribution in [0.2, 0.25) is 0 Å². The van der Waals surface area contributed by atoms with Crippen LogP contribution in [0.4, 0.5) is 5.13 Å². The lowest BCUT2D eigenvalue weighted by molar-refractivity contribution is -0.126. The molecule has 3 aliphatic rings. The van der Waals surface area contributed by atoms with E-state index in [4.69, 9.17) is 4.98 Å². The summed E-state index contributed by atoms with van der Waals surface area (Å²) >= 11 is 1.49. The van der Waals surface area contributed by atoms with Gasteiger partial charge in [-0.3, -0.25) is 4.79 Å². The molecule has 0 saturated carbocycles. The summed E-state index contributed by atoms with van der Waals surface area (Å²) in [4.78, 5) is 18.5. The van der Waals surface area contributed by atoms with E-state index in [-0.39, 0.29) is 17.7 Å². The van der Waals surface area contributed by atoms with Gasteiger partial charge in [0.05, 0.1) is 11.1 Å². The highest BCUT2D eigenvalue weighted by molar-refractivity contribution is 7.14. The van der Waals surface area contributed by atoms with Crippen LogP contribution in [-0.2, 0) is 4.79 Å². The van der Waals surface area contributed by atoms with Crippen molar-refractivity contribution in [3.05, 3.63) is 106 Å². The number of hydrogen-bond acceptors (Lipinski definition) is 3. The normalized spacial score (nSPS) is 22.8. The lowest BCUT2D eigenvalue weighted by Gasteiger charge is -2.50. The van der Waals surface area contributed by atoms with Gasteiger partial charge in [0.1, 0.15) is 0 Å². The van der Waals surface area contributed by atoms with Crippen LogP contribution in [0.3, 0.4) is 0 Å². The summed E-state index contributed by atoms with van der Waals surface area (Å²) in [5.74, 6) is 0.361. The maximum absolute atomic E-state index is 13.8. The number of nitrogens with zero attached hydrogens (tertiary/aromatic N) is 1. The third-order valence-corrected chi connectivity index (χ3v) is 7.95. The Morgan fingerprint density at radius 1 is 0.969 bits per heavy atom. The van der Waals surface area contributed by atoms with Crippen molar-refractivity contribution in [2.45, 2.75) is 32.1 Å². The molecule has 0 fully saturated rings. The number of aromatic nitrogens is 1. The van der Waals surface area contributed by atoms with Gasteiger partial charge in [-0.2, -0.15) is 0 Å². The topological polar surface area (TPSA) is 42.0 Å². The molecule has 7 rings (SSSR count). The Morgan fingerprint density at radius 2 is 1.62 bits per heavy atom. The summed E-state index contributed by atoms with van der Waals surface area (Å²) < 4.78 is 0. The van der Waals surface area contributed by atoms with Crippen molar-refractivity contribution in [3.8, 4) is 11.3 Å². The van der Waals surface area contributed by atoms with E-state index in [2.05, 4.69) is 85.9 Å². The number of carbonyl (C=O) groups is 1. The molecule has 32 heavy (non-hydrogen) atoms. The lowest BCUT2D eigenvalue weighted by atomic mass is 9.52. The number of carbonyl (C=O) groups excluding carboxylic acids is 1. The van der Waals surface area contributed by atoms with E-state index in [0.717, 1.165) is 17.7 Å². The first-order valence-electron chi connectivity index (χ1n) is 11.1. The Hall–Kier alpha value is -3.24. The van der Waals surface area contributed by atoms with Gasteiger partial charge >= 0.3 is 0 Å². The number of hydrogen-bond donors (Lipinski definition) is 1. The number of anilines is 1. The molecule has 1 aromatic heterocycles. The quantitative estimate of drug-likeness (QED) is 0.386. The van der Waals surface area contributed by atoms with Gasteiger partial charge < -0.3 is 5.32 Å². The van der Waals surface area contributed by atoms with E-state index < -0.39 is 5.41 Å². The first-order chi connectivity index (χ1) is 15.5. The molecule has 0 spiro atoms. The molecule has 0 saturated heterocycles. The SMILES string of the molecule is Cc1cccc(-c2csc(NC(=O)[C@]3(C)CC4c5ccccc5C3c3ccccc34)n2)c1. The average Bonchev–Trinajstić information content (AvgIpc) is 3.28. The Kier molecular flexibility index (Phi) is 4.34. The highest BCUT2D eigenvalue weighted by Crippen LogP contribution is 2.61. The molecule has 158 valence electrons. The molecular weight excluding hydrogens is 412 g/mol. The fourth-order valence-electron chi connectivity index (χ4n) is 5.70. The summed E-state index contributed by atoms with van der Waals surface area (Å²) in [6.07, 6.45) is 0.813. The van der Waals surface area contributed by atoms with Crippen molar-refractivity contribution in [1.29, 1.82) is 0 Å². The third kappa shape index (κ3) is 2.86. The number of amides is 1. The zero-order chi connectivity index (χ0) is 21.9. The zero-order valence-corrected chi connectivity index (χ0v) is 18.9. The van der Waals surface area contributed by atoms with Crippen molar-refractivity contribution in [2.24, 2.45) is 5.41 Å². The summed E-state index contributed by atoms with van der Waals surface area (Å²) in [7, 11) is 0. The summed E-state index contributed by atoms with van der Waals surface area (Å²) in [5.41, 5.74) is 7.98. The second-order valence-corrected chi connectivity index (χ2v) is 10.1. The largest absolute Gasteiger partial charge is 0.301 e. The van der Waals surface area contributed by atoms with E-state index in [1.807, 2.05) is 11.4 Å². The Labute approximate surface area is 192 Å². The molecule has 1 atom stereocenters. The molecule has 1 amide bonds. The van der Waals surface area contributed by atoms with Crippen molar-refractivity contribution < 1.29 is 4.79 Å². The molecule has 0 aliphatic heterocycles. The monoisotopic (exact) mass is 436 g/mol. The number of benzene rings is 3. The van der Waals surface area contributed by atoms with Crippen molar-refractivity contribution in [3.63, 3.8) is 0 Å². The van der Waals surface area contributed by atoms with E-state index in [1.54, 1.807) is 0 Å². The van der Waals surface area contributed by atoms with Gasteiger partial charge in [-0.1, -0.05) is 72.3 Å². The number of nitrogens with one attached hydrogen (secondary N) is 1. The zero-order valence-electron chi connectivity index (χ0n) is 18.1. The van der Waals surface area contributed by atoms with Crippen molar-refractivity contribution in [1.82, 2.24) is 4.98 Å². The molecule has 4 heteroatoms. The van der Waals surface area contributed by atoms with Crippen molar-refractivity contribution in [2.75, 3.05) is 5.32 Å². The van der Waals surface area contributed by atoms with Gasteiger partial charge in [0.15, 0.2) is 5.13 Å². The second-order valence-electron chi connectivity index (χ2n) is 9.23. The smallest absolute Gasteiger partial charge is 0.233 e. The molecule has 1 heterocycles. The first-order valence-corrected chi connectivity index (χ1v) is 11.9. The minimum atomic E-state index is -0.525. The predicted molar refractivity (Wildman–Crippen MR) is 130 cm³/mol. The number of rotatable bonds is 3. The van der Waals surface area contributed by atoms with Gasteiger partial charge in [0.25, 0.3) is 0 Å². The molecule has 4 aromatic rings. The van der Waals surface area contributed by atoms with E-state index in [1.165, 1.54) is 39.2 Å². The van der Waals surface area contributed by atoms with E-state index in [0.29, 0.717) is 5.13 Å². The van der Waals surface area contributed by atoms with Crippen LogP contribution < -0.4 is 5.32 Å². The number of fused-ring (bicyclic) bond motifs is 1. The van der Waals surface area contributed by atoms with E-state index in [9.17, 15) is 4.79 Å². The molecule has 2 bridgehead atoms. The standard InChI is InChI=1S/C28H24N2OS/c1-17-8-7-9-18(14-17)24-16-32-27(29-24)30-26(31)28(2)15-23-19-10-3-5-12-21(19)25(28)22-13-6-4-11-20(22)23/h3-14,16,23,25H,15H2,1-2H3,(H,29,30,31)/t23?,25?,28-/m1/s1. The van der Waals surface area contributed by atoms with Crippen LogP contribution in [0.25, 0.3) is 11.3 Å². The third-order valence-electron chi connectivity index (χ3n) is 7.19. The Balaban J connectivity index is 1.35. The summed E-state index contributed by atoms with van der Waals surface area (Å²) in [5, 5.41) is 5.85. The van der Waals surface area contributed by atoms with Crippen LogP contribution >= 0.6 is 11.3 Å². The fraction of sp³-hybridized carbons (Fsp3) is 0.214. The van der Waals surface area contributed by atoms with Crippen LogP contribution in [-0.4, -0.2) is 10.9 Å². The van der Waals surface area contributed by atoms with Gasteiger partial charge in [-0.25, -0.2) is 4.98 Å². The Morgan fingerprint density at radius 3 is 2.28 bits per heavy atom. The molecule has 3 aromatic carbocycles. The minimum Gasteiger partial charge on any atom is -0.301 e.